The average molecular weight is 192 g/mol. The summed E-state index contributed by atoms with van der Waals surface area (Å²) >= 11 is 0. The Balaban J connectivity index is 2.08. The van der Waals surface area contributed by atoms with Crippen molar-refractivity contribution in [3.63, 3.8) is 0 Å². The highest BCUT2D eigenvalue weighted by Crippen LogP contribution is 2.34. The second-order valence-electron chi connectivity index (χ2n) is 4.08. The number of nitrogens with zero attached hydrogens (tertiary/aromatic N) is 2. The Morgan fingerprint density at radius 3 is 2.57 bits per heavy atom. The predicted molar refractivity (Wildman–Crippen MR) is 57.5 cm³/mol. The lowest BCUT2D eigenvalue weighted by atomic mass is 9.78. The van der Waals surface area contributed by atoms with Gasteiger partial charge in [-0.1, -0.05) is 0 Å². The largest absolute Gasteiger partial charge is 0.372 e. The summed E-state index contributed by atoms with van der Waals surface area (Å²) in [6, 6.07) is 0. The summed E-state index contributed by atoms with van der Waals surface area (Å²) in [6.07, 6.45) is 7.23. The molecule has 0 aliphatic heterocycles. The van der Waals surface area contributed by atoms with Crippen LogP contribution in [0, 0.1) is 0 Å². The van der Waals surface area contributed by atoms with Gasteiger partial charge in [0.15, 0.2) is 0 Å². The summed E-state index contributed by atoms with van der Waals surface area (Å²) in [5.74, 6) is 1.66. The Bertz CT molecular complexity index is 320. The van der Waals surface area contributed by atoms with Crippen LogP contribution in [0.2, 0.25) is 0 Å². The molecule has 0 bridgehead atoms. The van der Waals surface area contributed by atoms with Gasteiger partial charge in [0.1, 0.15) is 11.6 Å². The Labute approximate surface area is 84.2 Å². The first kappa shape index (κ1) is 9.24. The lowest BCUT2D eigenvalue weighted by Gasteiger charge is -2.39. The summed E-state index contributed by atoms with van der Waals surface area (Å²) in [4.78, 5) is 8.48. The van der Waals surface area contributed by atoms with E-state index in [0.717, 1.165) is 11.6 Å². The van der Waals surface area contributed by atoms with Crippen molar-refractivity contribution in [1.82, 2.24) is 9.97 Å². The minimum Gasteiger partial charge on any atom is -0.372 e. The third-order valence-corrected chi connectivity index (χ3v) is 2.78. The van der Waals surface area contributed by atoms with Crippen molar-refractivity contribution in [3.8, 4) is 0 Å². The smallest absolute Gasteiger partial charge is 0.147 e. The van der Waals surface area contributed by atoms with Gasteiger partial charge in [-0.2, -0.15) is 0 Å². The number of hydrogen-bond donors (Lipinski definition) is 2. The Morgan fingerprint density at radius 1 is 1.29 bits per heavy atom. The molecule has 0 spiro atoms. The molecule has 2 N–H and O–H groups in total. The van der Waals surface area contributed by atoms with Crippen molar-refractivity contribution >= 4 is 11.6 Å². The van der Waals surface area contributed by atoms with Crippen LogP contribution in [0.25, 0.3) is 0 Å². The van der Waals surface area contributed by atoms with E-state index in [2.05, 4.69) is 27.5 Å². The number of aromatic nitrogens is 2. The average Bonchev–Trinajstić information content (AvgIpc) is 2.16. The maximum Gasteiger partial charge on any atom is 0.147 e. The van der Waals surface area contributed by atoms with E-state index in [1.165, 1.54) is 19.3 Å². The van der Waals surface area contributed by atoms with Crippen LogP contribution >= 0.6 is 0 Å². The molecule has 76 valence electrons. The molecule has 1 aliphatic carbocycles. The van der Waals surface area contributed by atoms with E-state index in [0.29, 0.717) is 0 Å². The Kier molecular flexibility index (Phi) is 2.27. The summed E-state index contributed by atoms with van der Waals surface area (Å²) in [5.41, 5.74) is 0.237. The van der Waals surface area contributed by atoms with Crippen molar-refractivity contribution < 1.29 is 0 Å². The van der Waals surface area contributed by atoms with Crippen LogP contribution in [0.5, 0.6) is 0 Å². The number of nitrogens with one attached hydrogen (secondary N) is 2. The lowest BCUT2D eigenvalue weighted by molar-refractivity contribution is 0.305. The van der Waals surface area contributed by atoms with Crippen molar-refractivity contribution in [2.24, 2.45) is 0 Å². The van der Waals surface area contributed by atoms with Crippen LogP contribution in [0.3, 0.4) is 0 Å². The zero-order chi connectivity index (χ0) is 10.0. The molecule has 1 fully saturated rings. The fourth-order valence-corrected chi connectivity index (χ4v) is 1.69. The SMILES string of the molecule is CNc1cncc(NC2(C)CCC2)n1. The molecule has 0 amide bonds. The zero-order valence-electron chi connectivity index (χ0n) is 8.67. The summed E-state index contributed by atoms with van der Waals surface area (Å²) in [6.45, 7) is 2.23. The summed E-state index contributed by atoms with van der Waals surface area (Å²) in [5, 5.41) is 6.39. The van der Waals surface area contributed by atoms with E-state index >= 15 is 0 Å². The standard InChI is InChI=1S/C10H16N4/c1-10(4-3-5-10)14-9-7-12-6-8(11-2)13-9/h6-7H,3-5H2,1-2H3,(H2,11,13,14). The minimum absolute atomic E-state index is 0.237. The van der Waals surface area contributed by atoms with Crippen LogP contribution in [0.1, 0.15) is 26.2 Å². The van der Waals surface area contributed by atoms with E-state index in [-0.39, 0.29) is 5.54 Å². The minimum atomic E-state index is 0.237. The molecule has 4 heteroatoms. The molecule has 1 aliphatic rings. The topological polar surface area (TPSA) is 49.8 Å². The van der Waals surface area contributed by atoms with Crippen LogP contribution in [-0.2, 0) is 0 Å². The highest BCUT2D eigenvalue weighted by Gasteiger charge is 2.31. The maximum atomic E-state index is 4.37. The van der Waals surface area contributed by atoms with Crippen molar-refractivity contribution in [2.75, 3.05) is 17.7 Å². The van der Waals surface area contributed by atoms with Crippen molar-refractivity contribution in [2.45, 2.75) is 31.7 Å². The third kappa shape index (κ3) is 1.78. The monoisotopic (exact) mass is 192 g/mol. The van der Waals surface area contributed by atoms with Gasteiger partial charge in [-0.25, -0.2) is 4.98 Å². The first-order valence-electron chi connectivity index (χ1n) is 5.00. The summed E-state index contributed by atoms with van der Waals surface area (Å²) < 4.78 is 0. The molecule has 4 nitrogen and oxygen atoms in total. The quantitative estimate of drug-likeness (QED) is 0.767. The molecule has 1 heterocycles. The van der Waals surface area contributed by atoms with Gasteiger partial charge in [-0.05, 0) is 26.2 Å². The molecule has 0 aromatic carbocycles. The van der Waals surface area contributed by atoms with Crippen LogP contribution in [-0.4, -0.2) is 22.6 Å². The second-order valence-corrected chi connectivity index (χ2v) is 4.08. The Hall–Kier alpha value is -1.32. The molecule has 1 aromatic heterocycles. The van der Waals surface area contributed by atoms with E-state index in [1.807, 2.05) is 7.05 Å². The normalized spacial score (nSPS) is 18.4. The maximum absolute atomic E-state index is 4.37. The van der Waals surface area contributed by atoms with Gasteiger partial charge < -0.3 is 10.6 Å². The molecule has 1 aromatic rings. The predicted octanol–water partition coefficient (Wildman–Crippen LogP) is 1.87. The van der Waals surface area contributed by atoms with E-state index < -0.39 is 0 Å². The van der Waals surface area contributed by atoms with Crippen LogP contribution < -0.4 is 10.6 Å². The first-order chi connectivity index (χ1) is 6.72. The van der Waals surface area contributed by atoms with E-state index in [4.69, 9.17) is 0 Å². The molecule has 1 saturated carbocycles. The fourth-order valence-electron chi connectivity index (χ4n) is 1.69. The first-order valence-corrected chi connectivity index (χ1v) is 5.00. The molecular weight excluding hydrogens is 176 g/mol. The fraction of sp³-hybridized carbons (Fsp3) is 0.600. The number of rotatable bonds is 3. The highest BCUT2D eigenvalue weighted by molar-refractivity contribution is 5.43. The van der Waals surface area contributed by atoms with Crippen molar-refractivity contribution in [1.29, 1.82) is 0 Å². The molecule has 2 rings (SSSR count). The van der Waals surface area contributed by atoms with Gasteiger partial charge in [0.25, 0.3) is 0 Å². The van der Waals surface area contributed by atoms with E-state index in [9.17, 15) is 0 Å². The molecular formula is C10H16N4. The molecule has 0 radical (unpaired) electrons. The van der Waals surface area contributed by atoms with Crippen LogP contribution in [0.4, 0.5) is 11.6 Å². The van der Waals surface area contributed by atoms with E-state index in [1.54, 1.807) is 12.4 Å². The Morgan fingerprint density at radius 2 is 2.00 bits per heavy atom. The van der Waals surface area contributed by atoms with Gasteiger partial charge in [0, 0.05) is 12.6 Å². The number of anilines is 2. The summed E-state index contributed by atoms with van der Waals surface area (Å²) in [7, 11) is 1.85. The van der Waals surface area contributed by atoms with Gasteiger partial charge in [-0.15, -0.1) is 0 Å². The van der Waals surface area contributed by atoms with Gasteiger partial charge in [0.2, 0.25) is 0 Å². The third-order valence-electron chi connectivity index (χ3n) is 2.78. The van der Waals surface area contributed by atoms with Gasteiger partial charge in [0.05, 0.1) is 12.4 Å². The molecule has 0 unspecified atom stereocenters. The molecule has 0 atom stereocenters. The molecule has 14 heavy (non-hydrogen) atoms. The van der Waals surface area contributed by atoms with Crippen molar-refractivity contribution in [3.05, 3.63) is 12.4 Å². The van der Waals surface area contributed by atoms with Gasteiger partial charge >= 0.3 is 0 Å². The lowest BCUT2D eigenvalue weighted by Crippen LogP contribution is -2.41. The number of hydrogen-bond acceptors (Lipinski definition) is 4. The zero-order valence-corrected chi connectivity index (χ0v) is 8.67. The second kappa shape index (κ2) is 3.44. The van der Waals surface area contributed by atoms with Gasteiger partial charge in [-0.3, -0.25) is 4.98 Å². The highest BCUT2D eigenvalue weighted by atomic mass is 15.1. The molecule has 0 saturated heterocycles. The van der Waals surface area contributed by atoms with Crippen LogP contribution in [0.15, 0.2) is 12.4 Å².